The summed E-state index contributed by atoms with van der Waals surface area (Å²) in [5, 5.41) is 4.78. The van der Waals surface area contributed by atoms with Crippen molar-refractivity contribution in [3.63, 3.8) is 0 Å². The van der Waals surface area contributed by atoms with E-state index in [1.54, 1.807) is 11.5 Å². The van der Waals surface area contributed by atoms with Crippen LogP contribution in [0, 0.1) is 6.92 Å². The quantitative estimate of drug-likeness (QED) is 0.916. The van der Waals surface area contributed by atoms with Crippen molar-refractivity contribution in [1.29, 1.82) is 0 Å². The molecule has 0 unspecified atom stereocenters. The predicted molar refractivity (Wildman–Crippen MR) is 77.4 cm³/mol. The van der Waals surface area contributed by atoms with Gasteiger partial charge in [0.25, 0.3) is 0 Å². The molecule has 1 fully saturated rings. The first kappa shape index (κ1) is 12.1. The van der Waals surface area contributed by atoms with E-state index in [9.17, 15) is 0 Å². The van der Waals surface area contributed by atoms with E-state index >= 15 is 0 Å². The highest BCUT2D eigenvalue weighted by Gasteiger charge is 2.11. The molecule has 4 heteroatoms. The fourth-order valence-electron chi connectivity index (χ4n) is 2.65. The van der Waals surface area contributed by atoms with E-state index in [4.69, 9.17) is 0 Å². The highest BCUT2D eigenvalue weighted by molar-refractivity contribution is 7.13. The number of aromatic nitrogens is 1. The zero-order chi connectivity index (χ0) is 12.4. The van der Waals surface area contributed by atoms with Crippen LogP contribution in [0.2, 0.25) is 0 Å². The van der Waals surface area contributed by atoms with Crippen LogP contribution in [-0.2, 0) is 6.42 Å². The molecule has 0 spiro atoms. The topological polar surface area (TPSA) is 28.2 Å². The molecule has 1 N–H and O–H groups in total. The molecule has 2 heterocycles. The van der Waals surface area contributed by atoms with E-state index in [0.29, 0.717) is 0 Å². The van der Waals surface area contributed by atoms with Gasteiger partial charge in [-0.15, -0.1) is 0 Å². The molecule has 96 valence electrons. The van der Waals surface area contributed by atoms with Crippen LogP contribution in [-0.4, -0.2) is 42.0 Å². The van der Waals surface area contributed by atoms with E-state index in [-0.39, 0.29) is 0 Å². The molecule has 0 saturated carbocycles. The van der Waals surface area contributed by atoms with Gasteiger partial charge in [-0.05, 0) is 36.5 Å². The van der Waals surface area contributed by atoms with Crippen LogP contribution in [0.15, 0.2) is 18.2 Å². The van der Waals surface area contributed by atoms with Gasteiger partial charge in [0.15, 0.2) is 0 Å². The number of benzene rings is 1. The van der Waals surface area contributed by atoms with Crippen LogP contribution >= 0.6 is 11.5 Å². The zero-order valence-corrected chi connectivity index (χ0v) is 11.6. The second kappa shape index (κ2) is 5.34. The summed E-state index contributed by atoms with van der Waals surface area (Å²) in [6.45, 7) is 7.89. The number of hydrogen-bond donors (Lipinski definition) is 1. The van der Waals surface area contributed by atoms with Gasteiger partial charge in [-0.3, -0.25) is 0 Å². The molecular weight excluding hydrogens is 242 g/mol. The number of hydrogen-bond acceptors (Lipinski definition) is 4. The first-order valence-corrected chi connectivity index (χ1v) is 7.39. The lowest BCUT2D eigenvalue weighted by molar-refractivity contribution is 0.244. The minimum Gasteiger partial charge on any atom is -0.314 e. The number of nitrogens with one attached hydrogen (secondary N) is 1. The second-order valence-electron chi connectivity index (χ2n) is 4.90. The summed E-state index contributed by atoms with van der Waals surface area (Å²) in [5.74, 6) is 0. The Labute approximate surface area is 112 Å². The van der Waals surface area contributed by atoms with E-state index in [1.807, 2.05) is 0 Å². The van der Waals surface area contributed by atoms with Crippen LogP contribution in [0.4, 0.5) is 0 Å². The number of fused-ring (bicyclic) bond motifs is 1. The summed E-state index contributed by atoms with van der Waals surface area (Å²) < 4.78 is 5.79. The van der Waals surface area contributed by atoms with E-state index in [2.05, 4.69) is 39.7 Å². The predicted octanol–water partition coefficient (Wildman–Crippen LogP) is 2.05. The van der Waals surface area contributed by atoms with Gasteiger partial charge in [0.1, 0.15) is 0 Å². The van der Waals surface area contributed by atoms with Gasteiger partial charge in [0, 0.05) is 38.1 Å². The average molecular weight is 261 g/mol. The number of piperazine rings is 1. The Balaban J connectivity index is 1.75. The monoisotopic (exact) mass is 261 g/mol. The minimum absolute atomic E-state index is 1.13. The normalized spacial score (nSPS) is 17.4. The molecular formula is C14H19N3S. The van der Waals surface area contributed by atoms with Gasteiger partial charge in [-0.25, -0.2) is 0 Å². The van der Waals surface area contributed by atoms with Crippen LogP contribution in [0.5, 0.6) is 0 Å². The summed E-state index contributed by atoms with van der Waals surface area (Å²) in [6.07, 6.45) is 1.14. The summed E-state index contributed by atoms with van der Waals surface area (Å²) in [4.78, 5) is 2.55. The first-order chi connectivity index (χ1) is 8.84. The Morgan fingerprint density at radius 2 is 2.17 bits per heavy atom. The summed E-state index contributed by atoms with van der Waals surface area (Å²) in [7, 11) is 0. The lowest BCUT2D eigenvalue weighted by Gasteiger charge is -2.27. The molecule has 0 amide bonds. The Hall–Kier alpha value is -0.970. The fraction of sp³-hybridized carbons (Fsp3) is 0.500. The first-order valence-electron chi connectivity index (χ1n) is 6.61. The van der Waals surface area contributed by atoms with Crippen molar-refractivity contribution in [3.8, 4) is 0 Å². The molecule has 1 aromatic heterocycles. The average Bonchev–Trinajstić information content (AvgIpc) is 2.80. The second-order valence-corrected chi connectivity index (χ2v) is 5.70. The molecule has 0 aliphatic carbocycles. The smallest absolute Gasteiger partial charge is 0.0592 e. The summed E-state index contributed by atoms with van der Waals surface area (Å²) in [5.41, 5.74) is 2.64. The molecule has 0 bridgehead atoms. The van der Waals surface area contributed by atoms with Crippen LogP contribution in [0.3, 0.4) is 0 Å². The van der Waals surface area contributed by atoms with Crippen LogP contribution in [0.1, 0.15) is 11.3 Å². The summed E-state index contributed by atoms with van der Waals surface area (Å²) in [6, 6.07) is 6.59. The molecule has 0 radical (unpaired) electrons. The summed E-state index contributed by atoms with van der Waals surface area (Å²) >= 11 is 1.62. The van der Waals surface area contributed by atoms with Crippen molar-refractivity contribution in [2.24, 2.45) is 0 Å². The maximum absolute atomic E-state index is 4.47. The fourth-order valence-corrected chi connectivity index (χ4v) is 3.48. The molecule has 1 aliphatic heterocycles. The molecule has 18 heavy (non-hydrogen) atoms. The Kier molecular flexibility index (Phi) is 3.59. The Bertz CT molecular complexity index is 529. The van der Waals surface area contributed by atoms with Crippen molar-refractivity contribution in [2.45, 2.75) is 13.3 Å². The molecule has 2 aromatic rings. The maximum atomic E-state index is 4.47. The van der Waals surface area contributed by atoms with Crippen molar-refractivity contribution in [3.05, 3.63) is 29.5 Å². The molecule has 3 rings (SSSR count). The minimum atomic E-state index is 1.13. The lowest BCUT2D eigenvalue weighted by Crippen LogP contribution is -2.44. The maximum Gasteiger partial charge on any atom is 0.0592 e. The Morgan fingerprint density at radius 1 is 1.33 bits per heavy atom. The highest BCUT2D eigenvalue weighted by Crippen LogP contribution is 2.26. The van der Waals surface area contributed by atoms with Gasteiger partial charge in [-0.1, -0.05) is 12.1 Å². The third-order valence-corrected chi connectivity index (χ3v) is 4.56. The largest absolute Gasteiger partial charge is 0.314 e. The lowest BCUT2D eigenvalue weighted by atomic mass is 10.1. The van der Waals surface area contributed by atoms with Crippen molar-refractivity contribution >= 4 is 21.6 Å². The van der Waals surface area contributed by atoms with Gasteiger partial charge in [0.2, 0.25) is 0 Å². The van der Waals surface area contributed by atoms with Crippen LogP contribution in [0.25, 0.3) is 10.1 Å². The standard InChI is InChI=1S/C14H19N3S/c1-11-14-12(3-2-4-13(14)18-16-11)5-8-17-9-6-15-7-10-17/h2-4,15H,5-10H2,1H3. The number of rotatable bonds is 3. The molecule has 1 aliphatic rings. The van der Waals surface area contributed by atoms with Gasteiger partial charge in [0.05, 0.1) is 10.4 Å². The SMILES string of the molecule is Cc1nsc2cccc(CCN3CCNCC3)c12. The van der Waals surface area contributed by atoms with Crippen LogP contribution < -0.4 is 5.32 Å². The third-order valence-electron chi connectivity index (χ3n) is 3.66. The Morgan fingerprint density at radius 3 is 3.00 bits per heavy atom. The molecule has 1 aromatic carbocycles. The van der Waals surface area contributed by atoms with Gasteiger partial charge >= 0.3 is 0 Å². The molecule has 0 atom stereocenters. The molecule has 1 saturated heterocycles. The van der Waals surface area contributed by atoms with Gasteiger partial charge in [-0.2, -0.15) is 4.37 Å². The van der Waals surface area contributed by atoms with Crippen molar-refractivity contribution < 1.29 is 0 Å². The highest BCUT2D eigenvalue weighted by atomic mass is 32.1. The third kappa shape index (κ3) is 2.41. The zero-order valence-electron chi connectivity index (χ0n) is 10.8. The van der Waals surface area contributed by atoms with E-state index in [0.717, 1.165) is 26.1 Å². The van der Waals surface area contributed by atoms with E-state index in [1.165, 1.54) is 34.4 Å². The van der Waals surface area contributed by atoms with Gasteiger partial charge < -0.3 is 10.2 Å². The van der Waals surface area contributed by atoms with Crippen molar-refractivity contribution in [1.82, 2.24) is 14.6 Å². The van der Waals surface area contributed by atoms with Crippen molar-refractivity contribution in [2.75, 3.05) is 32.7 Å². The van der Waals surface area contributed by atoms with E-state index < -0.39 is 0 Å². The number of nitrogens with zero attached hydrogens (tertiary/aromatic N) is 2. The number of aryl methyl sites for hydroxylation is 1. The molecule has 3 nitrogen and oxygen atoms in total.